The van der Waals surface area contributed by atoms with Crippen LogP contribution in [0.15, 0.2) is 54.7 Å². The van der Waals surface area contributed by atoms with E-state index in [1.807, 2.05) is 22.9 Å². The van der Waals surface area contributed by atoms with Crippen LogP contribution >= 0.6 is 0 Å². The van der Waals surface area contributed by atoms with Crippen LogP contribution in [-0.2, 0) is 0 Å². The molecule has 0 unspecified atom stereocenters. The molecule has 0 radical (unpaired) electrons. The average molecular weight is 452 g/mol. The molecular weight excluding hydrogens is 425 g/mol. The Morgan fingerprint density at radius 2 is 1.71 bits per heavy atom. The highest BCUT2D eigenvalue weighted by Crippen LogP contribution is 2.40. The van der Waals surface area contributed by atoms with Crippen molar-refractivity contribution >= 4 is 16.9 Å². The van der Waals surface area contributed by atoms with Crippen LogP contribution in [-0.4, -0.2) is 27.6 Å². The van der Waals surface area contributed by atoms with E-state index in [4.69, 9.17) is 9.97 Å². The number of nitrogens with zero attached hydrogens (tertiary/aromatic N) is 5. The summed E-state index contributed by atoms with van der Waals surface area (Å²) in [4.78, 5) is 12.2. The molecule has 0 bridgehead atoms. The summed E-state index contributed by atoms with van der Waals surface area (Å²) in [7, 11) is 0. The lowest BCUT2D eigenvalue weighted by molar-refractivity contribution is 0.624. The fraction of sp³-hybridized carbons (Fsp3) is 0.321. The zero-order chi connectivity index (χ0) is 23.1. The summed E-state index contributed by atoms with van der Waals surface area (Å²) in [5.74, 6) is 0.768. The molecule has 2 aliphatic rings. The van der Waals surface area contributed by atoms with Gasteiger partial charge in [0.15, 0.2) is 5.65 Å². The van der Waals surface area contributed by atoms with Crippen molar-refractivity contribution in [3.05, 3.63) is 71.7 Å². The summed E-state index contributed by atoms with van der Waals surface area (Å²) < 4.78 is 16.6. The molecular formula is C28H26FN5. The number of hydrogen-bond donors (Lipinski definition) is 0. The van der Waals surface area contributed by atoms with Crippen molar-refractivity contribution in [3.63, 3.8) is 0 Å². The Kier molecular flexibility index (Phi) is 5.26. The Hall–Kier alpha value is -3.72. The Bertz CT molecular complexity index is 1390. The SMILES string of the molecule is N#Cc1ccc(-c2nc3c(N4CCCCCC4)ccnc3n2-c2ccc(C3CC3)cc2)cc1F. The van der Waals surface area contributed by atoms with Crippen molar-refractivity contribution in [2.24, 2.45) is 0 Å². The van der Waals surface area contributed by atoms with Crippen LogP contribution in [0, 0.1) is 17.1 Å². The van der Waals surface area contributed by atoms with Crippen molar-refractivity contribution in [1.82, 2.24) is 14.5 Å². The number of rotatable bonds is 4. The number of halogens is 1. The molecule has 4 aromatic rings. The highest BCUT2D eigenvalue weighted by Gasteiger charge is 2.25. The number of pyridine rings is 1. The van der Waals surface area contributed by atoms with Crippen molar-refractivity contribution < 1.29 is 4.39 Å². The smallest absolute Gasteiger partial charge is 0.167 e. The van der Waals surface area contributed by atoms with Crippen LogP contribution in [0.4, 0.5) is 10.1 Å². The van der Waals surface area contributed by atoms with E-state index in [1.165, 1.54) is 56.2 Å². The second-order valence-electron chi connectivity index (χ2n) is 9.35. The molecule has 2 aromatic carbocycles. The molecule has 0 amide bonds. The molecule has 5 nitrogen and oxygen atoms in total. The topological polar surface area (TPSA) is 57.7 Å². The van der Waals surface area contributed by atoms with E-state index in [0.717, 1.165) is 35.6 Å². The van der Waals surface area contributed by atoms with Crippen molar-refractivity contribution in [2.45, 2.75) is 44.4 Å². The second kappa shape index (κ2) is 8.57. The highest BCUT2D eigenvalue weighted by molar-refractivity contribution is 5.90. The molecule has 0 N–H and O–H groups in total. The predicted octanol–water partition coefficient (Wildman–Crippen LogP) is 6.36. The molecule has 0 atom stereocenters. The zero-order valence-corrected chi connectivity index (χ0v) is 19.0. The van der Waals surface area contributed by atoms with Crippen molar-refractivity contribution in [3.8, 4) is 23.1 Å². The number of fused-ring (bicyclic) bond motifs is 1. The lowest BCUT2D eigenvalue weighted by Gasteiger charge is -2.22. The van der Waals surface area contributed by atoms with Crippen LogP contribution in [0.5, 0.6) is 0 Å². The van der Waals surface area contributed by atoms with Gasteiger partial charge in [-0.2, -0.15) is 5.26 Å². The molecule has 0 spiro atoms. The molecule has 2 aromatic heterocycles. The van der Waals surface area contributed by atoms with Crippen molar-refractivity contribution in [1.29, 1.82) is 5.26 Å². The normalized spacial score (nSPS) is 16.4. The predicted molar refractivity (Wildman–Crippen MR) is 132 cm³/mol. The van der Waals surface area contributed by atoms with Gasteiger partial charge in [-0.15, -0.1) is 0 Å². The summed E-state index contributed by atoms with van der Waals surface area (Å²) in [6.07, 6.45) is 9.20. The molecule has 6 heteroatoms. The highest BCUT2D eigenvalue weighted by atomic mass is 19.1. The van der Waals surface area contributed by atoms with Crippen molar-refractivity contribution in [2.75, 3.05) is 18.0 Å². The largest absolute Gasteiger partial charge is 0.370 e. The first-order valence-electron chi connectivity index (χ1n) is 12.2. The number of aromatic nitrogens is 3. The van der Waals surface area contributed by atoms with Gasteiger partial charge < -0.3 is 4.90 Å². The van der Waals surface area contributed by atoms with Gasteiger partial charge in [0, 0.05) is 30.5 Å². The third kappa shape index (κ3) is 3.71. The quantitative estimate of drug-likeness (QED) is 0.362. The minimum atomic E-state index is -0.539. The molecule has 1 aliphatic carbocycles. The van der Waals surface area contributed by atoms with Gasteiger partial charge in [0.2, 0.25) is 0 Å². The maximum atomic E-state index is 14.6. The van der Waals surface area contributed by atoms with Gasteiger partial charge in [-0.05, 0) is 73.6 Å². The van der Waals surface area contributed by atoms with Gasteiger partial charge in [0.1, 0.15) is 23.2 Å². The van der Waals surface area contributed by atoms with Crippen LogP contribution < -0.4 is 4.90 Å². The molecule has 1 saturated heterocycles. The van der Waals surface area contributed by atoms with Gasteiger partial charge in [-0.3, -0.25) is 4.57 Å². The molecule has 6 rings (SSSR count). The number of imidazole rings is 1. The maximum absolute atomic E-state index is 14.6. The van der Waals surface area contributed by atoms with E-state index >= 15 is 0 Å². The summed E-state index contributed by atoms with van der Waals surface area (Å²) in [5.41, 5.74) is 5.64. The lowest BCUT2D eigenvalue weighted by atomic mass is 10.1. The summed E-state index contributed by atoms with van der Waals surface area (Å²) in [5, 5.41) is 9.18. The fourth-order valence-electron chi connectivity index (χ4n) is 5.02. The van der Waals surface area contributed by atoms with Crippen LogP contribution in [0.3, 0.4) is 0 Å². The molecule has 34 heavy (non-hydrogen) atoms. The molecule has 170 valence electrons. The first-order chi connectivity index (χ1) is 16.7. The van der Waals surface area contributed by atoms with Crippen LogP contribution in [0.25, 0.3) is 28.2 Å². The van der Waals surface area contributed by atoms with E-state index in [9.17, 15) is 9.65 Å². The monoisotopic (exact) mass is 451 g/mol. The Morgan fingerprint density at radius 1 is 0.941 bits per heavy atom. The number of benzene rings is 2. The third-order valence-corrected chi connectivity index (χ3v) is 7.02. The van der Waals surface area contributed by atoms with Gasteiger partial charge in [-0.25, -0.2) is 14.4 Å². The molecule has 3 heterocycles. The molecule has 1 aliphatic heterocycles. The van der Waals surface area contributed by atoms with E-state index in [1.54, 1.807) is 6.07 Å². The van der Waals surface area contributed by atoms with E-state index < -0.39 is 5.82 Å². The van der Waals surface area contributed by atoms with Gasteiger partial charge in [0.25, 0.3) is 0 Å². The minimum Gasteiger partial charge on any atom is -0.370 e. The number of anilines is 1. The van der Waals surface area contributed by atoms with Gasteiger partial charge in [-0.1, -0.05) is 25.0 Å². The Morgan fingerprint density at radius 3 is 2.38 bits per heavy atom. The molecule has 1 saturated carbocycles. The van der Waals surface area contributed by atoms with E-state index in [-0.39, 0.29) is 5.56 Å². The minimum absolute atomic E-state index is 0.0311. The second-order valence-corrected chi connectivity index (χ2v) is 9.35. The molecule has 2 fully saturated rings. The number of hydrogen-bond acceptors (Lipinski definition) is 4. The van der Waals surface area contributed by atoms with Gasteiger partial charge >= 0.3 is 0 Å². The average Bonchev–Trinajstić information content (AvgIpc) is 3.68. The zero-order valence-electron chi connectivity index (χ0n) is 19.0. The Labute approximate surface area is 198 Å². The maximum Gasteiger partial charge on any atom is 0.167 e. The summed E-state index contributed by atoms with van der Waals surface area (Å²) in [6, 6.07) is 17.2. The lowest BCUT2D eigenvalue weighted by Crippen LogP contribution is -2.24. The Balaban J connectivity index is 1.55. The van der Waals surface area contributed by atoms with E-state index in [0.29, 0.717) is 17.3 Å². The summed E-state index contributed by atoms with van der Waals surface area (Å²) >= 11 is 0. The number of nitriles is 1. The van der Waals surface area contributed by atoms with Crippen LogP contribution in [0.2, 0.25) is 0 Å². The first kappa shape index (κ1) is 20.9. The van der Waals surface area contributed by atoms with Crippen LogP contribution in [0.1, 0.15) is 55.6 Å². The summed E-state index contributed by atoms with van der Waals surface area (Å²) in [6.45, 7) is 2.01. The standard InChI is InChI=1S/C28H26FN5/c29-24-17-21(7-8-22(24)18-30)27-32-26-25(33-15-3-1-2-4-16-33)13-14-31-28(26)34(27)23-11-9-20(10-12-23)19-5-6-19/h7-14,17,19H,1-6,15-16H2. The first-order valence-corrected chi connectivity index (χ1v) is 12.2. The van der Waals surface area contributed by atoms with E-state index in [2.05, 4.69) is 29.2 Å². The third-order valence-electron chi connectivity index (χ3n) is 7.02. The van der Waals surface area contributed by atoms with Gasteiger partial charge in [0.05, 0.1) is 11.3 Å². The fourth-order valence-corrected chi connectivity index (χ4v) is 5.02.